The van der Waals surface area contributed by atoms with E-state index in [0.29, 0.717) is 11.1 Å². The van der Waals surface area contributed by atoms with Gasteiger partial charge in [0.1, 0.15) is 19.8 Å². The molecule has 0 aliphatic heterocycles. The van der Waals surface area contributed by atoms with E-state index in [4.69, 9.17) is 18.9 Å². The first-order valence-electron chi connectivity index (χ1n) is 13.0. The molecule has 224 valence electrons. The Labute approximate surface area is 245 Å². The van der Waals surface area contributed by atoms with Crippen molar-refractivity contribution < 1.29 is 47.7 Å². The van der Waals surface area contributed by atoms with Crippen LogP contribution in [0.3, 0.4) is 0 Å². The van der Waals surface area contributed by atoms with E-state index in [-0.39, 0.29) is 76.6 Å². The van der Waals surface area contributed by atoms with Crippen molar-refractivity contribution in [2.45, 2.75) is 60.8 Å². The number of hydrogen-bond donors (Lipinski definition) is 2. The Morgan fingerprint density at radius 3 is 1.20 bits per heavy atom. The molecule has 0 saturated heterocycles. The molecule has 41 heavy (non-hydrogen) atoms. The fourth-order valence-electron chi connectivity index (χ4n) is 3.67. The Hall–Kier alpha value is -3.78. The molecule has 2 amide bonds. The van der Waals surface area contributed by atoms with Crippen molar-refractivity contribution in [3.8, 4) is 0 Å². The summed E-state index contributed by atoms with van der Waals surface area (Å²) in [5.74, 6) is -3.56. The maximum Gasteiger partial charge on any atom is 0.348 e. The lowest BCUT2D eigenvalue weighted by molar-refractivity contribution is -0.117. The van der Waals surface area contributed by atoms with Gasteiger partial charge in [-0.1, -0.05) is 0 Å². The summed E-state index contributed by atoms with van der Waals surface area (Å²) < 4.78 is 20.2. The number of ether oxygens (including phenoxy) is 4. The molecule has 0 radical (unpaired) electrons. The number of amides is 2. The van der Waals surface area contributed by atoms with Crippen LogP contribution in [-0.2, 0) is 28.5 Å². The van der Waals surface area contributed by atoms with Crippen molar-refractivity contribution in [3.05, 3.63) is 32.0 Å². The zero-order chi connectivity index (χ0) is 30.7. The molecule has 0 saturated carbocycles. The number of carbonyl (C=O) groups is 6. The Bertz CT molecular complexity index is 1210. The van der Waals surface area contributed by atoms with E-state index < -0.39 is 35.7 Å². The molecule has 12 nitrogen and oxygen atoms in total. The van der Waals surface area contributed by atoms with Gasteiger partial charge in [0, 0.05) is 12.8 Å². The molecule has 0 aromatic carbocycles. The zero-order valence-electron chi connectivity index (χ0n) is 23.8. The lowest BCUT2D eigenvalue weighted by Gasteiger charge is -2.08. The molecular formula is C27H34N2O10S2. The van der Waals surface area contributed by atoms with Crippen molar-refractivity contribution in [2.75, 3.05) is 37.1 Å². The van der Waals surface area contributed by atoms with E-state index in [1.165, 1.54) is 0 Å². The van der Waals surface area contributed by atoms with Gasteiger partial charge in [-0.3, -0.25) is 9.59 Å². The van der Waals surface area contributed by atoms with E-state index >= 15 is 0 Å². The standard InChI is InChI=1S/C27H34N2O10S2/c1-7-36-24(32)18-14(5)20(26(34)38-9-3)40-22(18)28-16(30)12-11-13-17(31)29-23-19(25(33)37-8-2)15(6)21(41-23)27(35)39-10-4/h7-13H2,1-6H3,(H,28,30)(H,29,31). The summed E-state index contributed by atoms with van der Waals surface area (Å²) in [6.45, 7) is 10.2. The van der Waals surface area contributed by atoms with Gasteiger partial charge >= 0.3 is 23.9 Å². The average molecular weight is 611 g/mol. The van der Waals surface area contributed by atoms with Gasteiger partial charge in [0.05, 0.1) is 37.6 Å². The predicted molar refractivity (Wildman–Crippen MR) is 153 cm³/mol. The van der Waals surface area contributed by atoms with Crippen molar-refractivity contribution in [2.24, 2.45) is 0 Å². The van der Waals surface area contributed by atoms with Crippen LogP contribution in [0.4, 0.5) is 10.0 Å². The molecule has 0 unspecified atom stereocenters. The third kappa shape index (κ3) is 8.60. The first-order chi connectivity index (χ1) is 19.5. The van der Waals surface area contributed by atoms with Crippen LogP contribution in [0.2, 0.25) is 0 Å². The number of hydrogen-bond acceptors (Lipinski definition) is 12. The molecule has 2 N–H and O–H groups in total. The smallest absolute Gasteiger partial charge is 0.348 e. The first kappa shape index (κ1) is 33.4. The zero-order valence-corrected chi connectivity index (χ0v) is 25.5. The number of esters is 4. The number of rotatable bonds is 14. The highest BCUT2D eigenvalue weighted by Crippen LogP contribution is 2.36. The third-order valence-electron chi connectivity index (χ3n) is 5.49. The molecule has 2 rings (SSSR count). The molecule has 2 aromatic rings. The Morgan fingerprint density at radius 1 is 0.561 bits per heavy atom. The maximum absolute atomic E-state index is 12.7. The molecule has 0 bridgehead atoms. The van der Waals surface area contributed by atoms with Gasteiger partial charge in [-0.2, -0.15) is 0 Å². The minimum absolute atomic E-state index is 0.0722. The predicted octanol–water partition coefficient (Wildman–Crippen LogP) is 4.88. The maximum atomic E-state index is 12.7. The molecule has 0 spiro atoms. The topological polar surface area (TPSA) is 163 Å². The van der Waals surface area contributed by atoms with Gasteiger partial charge in [-0.05, 0) is 59.1 Å². The lowest BCUT2D eigenvalue weighted by Crippen LogP contribution is -2.17. The third-order valence-corrected chi connectivity index (χ3v) is 7.86. The largest absolute Gasteiger partial charge is 0.462 e. The Balaban J connectivity index is 2.11. The minimum Gasteiger partial charge on any atom is -0.462 e. The van der Waals surface area contributed by atoms with Crippen LogP contribution in [0.5, 0.6) is 0 Å². The number of carbonyl (C=O) groups excluding carboxylic acids is 6. The average Bonchev–Trinajstić information content (AvgIpc) is 3.40. The highest BCUT2D eigenvalue weighted by molar-refractivity contribution is 7.19. The van der Waals surface area contributed by atoms with Gasteiger partial charge in [0.15, 0.2) is 0 Å². The van der Waals surface area contributed by atoms with E-state index in [9.17, 15) is 28.8 Å². The van der Waals surface area contributed by atoms with Gasteiger partial charge in [-0.15, -0.1) is 22.7 Å². The number of nitrogens with one attached hydrogen (secondary N) is 2. The molecule has 2 aromatic heterocycles. The van der Waals surface area contributed by atoms with Crippen LogP contribution >= 0.6 is 22.7 Å². The van der Waals surface area contributed by atoms with Crippen molar-refractivity contribution in [1.29, 1.82) is 0 Å². The van der Waals surface area contributed by atoms with Crippen LogP contribution in [0.15, 0.2) is 0 Å². The second-order valence-corrected chi connectivity index (χ2v) is 10.4. The summed E-state index contributed by atoms with van der Waals surface area (Å²) in [6, 6.07) is 0. The molecule has 0 fully saturated rings. The van der Waals surface area contributed by atoms with Gasteiger partial charge < -0.3 is 29.6 Å². The van der Waals surface area contributed by atoms with Gasteiger partial charge in [0.2, 0.25) is 11.8 Å². The Morgan fingerprint density at radius 2 is 0.878 bits per heavy atom. The minimum atomic E-state index is -0.683. The first-order valence-corrected chi connectivity index (χ1v) is 14.7. The molecule has 14 heteroatoms. The van der Waals surface area contributed by atoms with E-state index in [2.05, 4.69) is 10.6 Å². The Kier molecular flexibility index (Phi) is 12.9. The number of anilines is 2. The summed E-state index contributed by atoms with van der Waals surface area (Å²) in [5, 5.41) is 5.57. The summed E-state index contributed by atoms with van der Waals surface area (Å²) in [7, 11) is 0. The monoisotopic (exact) mass is 610 g/mol. The lowest BCUT2D eigenvalue weighted by atomic mass is 10.1. The van der Waals surface area contributed by atoms with Crippen LogP contribution in [0.1, 0.15) is 98.1 Å². The molecule has 0 atom stereocenters. The van der Waals surface area contributed by atoms with Crippen LogP contribution in [0, 0.1) is 13.8 Å². The quantitative estimate of drug-likeness (QED) is 0.223. The molecule has 0 aliphatic rings. The molecular weight excluding hydrogens is 576 g/mol. The van der Waals surface area contributed by atoms with Crippen LogP contribution in [-0.4, -0.2) is 62.1 Å². The van der Waals surface area contributed by atoms with E-state index in [1.54, 1.807) is 41.5 Å². The number of thiophene rings is 2. The second-order valence-electron chi connectivity index (χ2n) is 8.35. The van der Waals surface area contributed by atoms with Crippen molar-refractivity contribution in [3.63, 3.8) is 0 Å². The molecule has 0 aliphatic carbocycles. The van der Waals surface area contributed by atoms with Crippen LogP contribution in [0.25, 0.3) is 0 Å². The normalized spacial score (nSPS) is 10.5. The van der Waals surface area contributed by atoms with Gasteiger partial charge in [-0.25, -0.2) is 19.2 Å². The highest BCUT2D eigenvalue weighted by Gasteiger charge is 2.29. The van der Waals surface area contributed by atoms with Gasteiger partial charge in [0.25, 0.3) is 0 Å². The highest BCUT2D eigenvalue weighted by atomic mass is 32.1. The van der Waals surface area contributed by atoms with E-state index in [1.807, 2.05) is 0 Å². The fourth-order valence-corrected chi connectivity index (χ4v) is 5.88. The van der Waals surface area contributed by atoms with Crippen molar-refractivity contribution >= 4 is 68.4 Å². The SMILES string of the molecule is CCOC(=O)c1sc(NC(=O)CCCC(=O)Nc2sc(C(=O)OCC)c(C)c2C(=O)OCC)c(C(=O)OCC)c1C. The summed E-state index contributed by atoms with van der Waals surface area (Å²) in [6.07, 6.45) is -0.0291. The van der Waals surface area contributed by atoms with Crippen LogP contribution < -0.4 is 10.6 Å². The second kappa shape index (κ2) is 15.9. The van der Waals surface area contributed by atoms with Crippen molar-refractivity contribution in [1.82, 2.24) is 0 Å². The molecule has 2 heterocycles. The summed E-state index contributed by atoms with van der Waals surface area (Å²) >= 11 is 1.82. The van der Waals surface area contributed by atoms with E-state index in [0.717, 1.165) is 22.7 Å². The summed E-state index contributed by atoms with van der Waals surface area (Å²) in [5.41, 5.74) is 0.825. The summed E-state index contributed by atoms with van der Waals surface area (Å²) in [4.78, 5) is 75.4. The fraction of sp³-hybridized carbons (Fsp3) is 0.481.